The smallest absolute Gasteiger partial charge is 0.254 e. The fourth-order valence-electron chi connectivity index (χ4n) is 3.40. The molecule has 1 aliphatic rings. The molecular weight excluding hydrogens is 326 g/mol. The summed E-state index contributed by atoms with van der Waals surface area (Å²) in [6.07, 6.45) is 3.98. The first kappa shape index (κ1) is 17.0. The van der Waals surface area contributed by atoms with Crippen LogP contribution in [0, 0.1) is 6.92 Å². The van der Waals surface area contributed by atoms with Crippen LogP contribution in [0.15, 0.2) is 36.7 Å². The van der Waals surface area contributed by atoms with E-state index >= 15 is 0 Å². The third kappa shape index (κ3) is 3.05. The van der Waals surface area contributed by atoms with Gasteiger partial charge in [-0.2, -0.15) is 14.6 Å². The van der Waals surface area contributed by atoms with Gasteiger partial charge >= 0.3 is 0 Å². The standard InChI is InChI=1S/C20H25N5O/c1-13-11-16(25-18(23-13)21-12-22-25)24-17(19(2,3)26)14-5-7-15(8-6-14)20(4)9-10-20/h5-8,11-12,17,24,26H,9-10H2,1-4H3/t17-/m0/s1. The van der Waals surface area contributed by atoms with Gasteiger partial charge in [0.2, 0.25) is 0 Å². The molecule has 0 amide bonds. The summed E-state index contributed by atoms with van der Waals surface area (Å²) in [7, 11) is 0. The maximum atomic E-state index is 10.8. The Labute approximate surface area is 153 Å². The predicted octanol–water partition coefficient (Wildman–Crippen LogP) is 3.41. The van der Waals surface area contributed by atoms with E-state index in [0.717, 1.165) is 17.1 Å². The van der Waals surface area contributed by atoms with E-state index in [2.05, 4.69) is 51.6 Å². The third-order valence-electron chi connectivity index (χ3n) is 5.32. The molecule has 2 heterocycles. The Balaban J connectivity index is 1.70. The Morgan fingerprint density at radius 2 is 1.92 bits per heavy atom. The summed E-state index contributed by atoms with van der Waals surface area (Å²) < 4.78 is 1.66. The number of nitrogens with one attached hydrogen (secondary N) is 1. The van der Waals surface area contributed by atoms with Crippen molar-refractivity contribution in [2.45, 2.75) is 57.6 Å². The highest BCUT2D eigenvalue weighted by molar-refractivity contribution is 5.48. The lowest BCUT2D eigenvalue weighted by Gasteiger charge is -2.31. The van der Waals surface area contributed by atoms with E-state index in [9.17, 15) is 5.11 Å². The minimum absolute atomic E-state index is 0.294. The minimum Gasteiger partial charge on any atom is -0.388 e. The van der Waals surface area contributed by atoms with Crippen molar-refractivity contribution in [3.05, 3.63) is 53.5 Å². The Kier molecular flexibility index (Phi) is 3.77. The van der Waals surface area contributed by atoms with Crippen LogP contribution in [0.5, 0.6) is 0 Å². The second kappa shape index (κ2) is 5.77. The van der Waals surface area contributed by atoms with E-state index in [1.54, 1.807) is 4.52 Å². The van der Waals surface area contributed by atoms with E-state index < -0.39 is 5.60 Å². The molecule has 2 aromatic heterocycles. The molecule has 1 aromatic carbocycles. The van der Waals surface area contributed by atoms with Gasteiger partial charge in [0.15, 0.2) is 0 Å². The van der Waals surface area contributed by atoms with Gasteiger partial charge in [0.05, 0.1) is 11.6 Å². The van der Waals surface area contributed by atoms with Crippen LogP contribution >= 0.6 is 0 Å². The molecule has 0 radical (unpaired) electrons. The molecule has 0 bridgehead atoms. The molecule has 0 aliphatic heterocycles. The van der Waals surface area contributed by atoms with Gasteiger partial charge in [-0.05, 0) is 50.2 Å². The fourth-order valence-corrected chi connectivity index (χ4v) is 3.40. The molecule has 2 N–H and O–H groups in total. The summed E-state index contributed by atoms with van der Waals surface area (Å²) in [5.74, 6) is 1.30. The van der Waals surface area contributed by atoms with Crippen molar-refractivity contribution in [1.29, 1.82) is 0 Å². The van der Waals surface area contributed by atoms with Crippen LogP contribution in [0.25, 0.3) is 5.78 Å². The first-order chi connectivity index (χ1) is 12.3. The van der Waals surface area contributed by atoms with E-state index in [-0.39, 0.29) is 6.04 Å². The van der Waals surface area contributed by atoms with E-state index in [1.165, 1.54) is 24.7 Å². The summed E-state index contributed by atoms with van der Waals surface area (Å²) in [6, 6.07) is 10.2. The molecule has 1 aliphatic carbocycles. The van der Waals surface area contributed by atoms with Crippen LogP contribution in [0.3, 0.4) is 0 Å². The van der Waals surface area contributed by atoms with Crippen LogP contribution in [0.1, 0.15) is 56.5 Å². The van der Waals surface area contributed by atoms with Gasteiger partial charge in [-0.1, -0.05) is 31.2 Å². The molecular formula is C20H25N5O. The molecule has 3 aromatic rings. The van der Waals surface area contributed by atoms with Crippen molar-refractivity contribution in [3.63, 3.8) is 0 Å². The molecule has 1 atom stereocenters. The predicted molar refractivity (Wildman–Crippen MR) is 101 cm³/mol. The van der Waals surface area contributed by atoms with Crippen molar-refractivity contribution >= 4 is 11.6 Å². The maximum absolute atomic E-state index is 10.8. The number of hydrogen-bond acceptors (Lipinski definition) is 5. The number of aryl methyl sites for hydroxylation is 1. The second-order valence-corrected chi connectivity index (χ2v) is 8.17. The summed E-state index contributed by atoms with van der Waals surface area (Å²) in [5, 5.41) is 18.5. The van der Waals surface area contributed by atoms with Crippen LogP contribution in [0.2, 0.25) is 0 Å². The highest BCUT2D eigenvalue weighted by Gasteiger charge is 2.39. The Bertz CT molecular complexity index is 935. The second-order valence-electron chi connectivity index (χ2n) is 8.17. The first-order valence-corrected chi connectivity index (χ1v) is 9.03. The fraction of sp³-hybridized carbons (Fsp3) is 0.450. The van der Waals surface area contributed by atoms with Crippen LogP contribution < -0.4 is 5.32 Å². The zero-order chi connectivity index (χ0) is 18.5. The van der Waals surface area contributed by atoms with Crippen molar-refractivity contribution in [1.82, 2.24) is 19.6 Å². The van der Waals surface area contributed by atoms with Crippen LogP contribution in [0.4, 0.5) is 5.82 Å². The molecule has 4 rings (SSSR count). The molecule has 6 nitrogen and oxygen atoms in total. The molecule has 0 saturated heterocycles. The number of benzene rings is 1. The maximum Gasteiger partial charge on any atom is 0.254 e. The van der Waals surface area contributed by atoms with Gasteiger partial charge < -0.3 is 10.4 Å². The number of anilines is 1. The van der Waals surface area contributed by atoms with E-state index in [1.807, 2.05) is 26.8 Å². The topological polar surface area (TPSA) is 75.3 Å². The number of aliphatic hydroxyl groups is 1. The van der Waals surface area contributed by atoms with Gasteiger partial charge in [-0.15, -0.1) is 0 Å². The molecule has 0 unspecified atom stereocenters. The Hall–Kier alpha value is -2.47. The van der Waals surface area contributed by atoms with Crippen LogP contribution in [-0.2, 0) is 5.41 Å². The third-order valence-corrected chi connectivity index (χ3v) is 5.32. The number of nitrogens with zero attached hydrogens (tertiary/aromatic N) is 4. The van der Waals surface area contributed by atoms with Crippen molar-refractivity contribution < 1.29 is 5.11 Å². The average Bonchev–Trinajstić information content (AvgIpc) is 3.15. The van der Waals surface area contributed by atoms with Crippen LogP contribution in [-0.4, -0.2) is 30.3 Å². The van der Waals surface area contributed by atoms with Gasteiger partial charge in [-0.25, -0.2) is 4.98 Å². The largest absolute Gasteiger partial charge is 0.388 e. The number of aromatic nitrogens is 4. The SMILES string of the molecule is Cc1cc(N[C@@H](c2ccc(C3(C)CC3)cc2)C(C)(C)O)n2ncnc2n1. The summed E-state index contributed by atoms with van der Waals surface area (Å²) in [5.41, 5.74) is 2.63. The van der Waals surface area contributed by atoms with Crippen molar-refractivity contribution in [2.24, 2.45) is 0 Å². The molecule has 1 fully saturated rings. The average molecular weight is 351 g/mol. The highest BCUT2D eigenvalue weighted by atomic mass is 16.3. The van der Waals surface area contributed by atoms with Crippen molar-refractivity contribution in [2.75, 3.05) is 5.32 Å². The minimum atomic E-state index is -0.963. The van der Waals surface area contributed by atoms with Gasteiger partial charge in [0.1, 0.15) is 12.1 Å². The molecule has 6 heteroatoms. The van der Waals surface area contributed by atoms with Gasteiger partial charge in [0, 0.05) is 11.8 Å². The monoisotopic (exact) mass is 351 g/mol. The molecule has 1 saturated carbocycles. The molecule has 26 heavy (non-hydrogen) atoms. The number of rotatable bonds is 5. The highest BCUT2D eigenvalue weighted by Crippen LogP contribution is 2.47. The Morgan fingerprint density at radius 3 is 2.54 bits per heavy atom. The quantitative estimate of drug-likeness (QED) is 0.737. The number of fused-ring (bicyclic) bond motifs is 1. The lowest BCUT2D eigenvalue weighted by molar-refractivity contribution is 0.0587. The van der Waals surface area contributed by atoms with E-state index in [0.29, 0.717) is 11.2 Å². The van der Waals surface area contributed by atoms with Gasteiger partial charge in [-0.3, -0.25) is 0 Å². The molecule has 136 valence electrons. The van der Waals surface area contributed by atoms with Crippen molar-refractivity contribution in [3.8, 4) is 0 Å². The molecule has 0 spiro atoms. The summed E-state index contributed by atoms with van der Waals surface area (Å²) >= 11 is 0. The Morgan fingerprint density at radius 1 is 1.23 bits per heavy atom. The lowest BCUT2D eigenvalue weighted by atomic mass is 9.89. The zero-order valence-electron chi connectivity index (χ0n) is 15.7. The summed E-state index contributed by atoms with van der Waals surface area (Å²) in [6.45, 7) is 7.85. The summed E-state index contributed by atoms with van der Waals surface area (Å²) in [4.78, 5) is 8.54. The lowest BCUT2D eigenvalue weighted by Crippen LogP contribution is -2.35. The van der Waals surface area contributed by atoms with E-state index in [4.69, 9.17) is 0 Å². The number of hydrogen-bond donors (Lipinski definition) is 2. The normalized spacial score (nSPS) is 17.3. The first-order valence-electron chi connectivity index (χ1n) is 9.03. The zero-order valence-corrected chi connectivity index (χ0v) is 15.7. The van der Waals surface area contributed by atoms with Gasteiger partial charge in [0.25, 0.3) is 5.78 Å².